The number of halogens is 6. The Balaban J connectivity index is 0.000000277. The molecule has 1 aromatic heterocycles. The number of benzene rings is 2. The van der Waals surface area contributed by atoms with Crippen molar-refractivity contribution >= 4 is 7.81 Å². The molecule has 0 unspecified atom stereocenters. The number of nitrogens with zero attached hydrogens (tertiary/aromatic N) is 3. The minimum absolute atomic E-state index is 0.912. The predicted molar refractivity (Wildman–Crippen MR) is 82.6 cm³/mol. The number of hydrogen-bond acceptors (Lipinski definition) is 2. The summed E-state index contributed by atoms with van der Waals surface area (Å²) in [5.74, 6) is 0. The summed E-state index contributed by atoms with van der Waals surface area (Å²) in [5.41, 5.74) is 2.95. The first-order chi connectivity index (χ1) is 11.4. The normalized spacial score (nSPS) is 13.8. The molecule has 0 aliphatic carbocycles. The van der Waals surface area contributed by atoms with Gasteiger partial charge in [-0.1, -0.05) is 48.5 Å². The Morgan fingerprint density at radius 2 is 1.16 bits per heavy atom. The van der Waals surface area contributed by atoms with E-state index in [-0.39, 0.29) is 0 Å². The standard InChI is InChI=1S/C15H12N3.F6P/c1-3-7-13(8-4-1)15-11-12-16-18(17-15)14-9-5-2-6-10-14;1-7(2,3,4,5)6/h1-12H;/q+1;-1. The zero-order valence-corrected chi connectivity index (χ0v) is 13.4. The van der Waals surface area contributed by atoms with Gasteiger partial charge < -0.3 is 0 Å². The fraction of sp³-hybridized carbons (Fsp3) is 0. The van der Waals surface area contributed by atoms with Gasteiger partial charge in [0.25, 0.3) is 5.69 Å². The molecule has 25 heavy (non-hydrogen) atoms. The molecule has 3 rings (SSSR count). The number of rotatable bonds is 2. The van der Waals surface area contributed by atoms with E-state index in [1.165, 1.54) is 0 Å². The summed E-state index contributed by atoms with van der Waals surface area (Å²) in [6.07, 6.45) is 1.77. The van der Waals surface area contributed by atoms with Gasteiger partial charge in [-0.15, -0.1) is 0 Å². The van der Waals surface area contributed by atoms with E-state index in [2.05, 4.69) is 10.2 Å². The zero-order valence-electron chi connectivity index (χ0n) is 12.5. The molecule has 0 N–H and O–H groups in total. The quantitative estimate of drug-likeness (QED) is 0.320. The summed E-state index contributed by atoms with van der Waals surface area (Å²) in [7, 11) is -10.7. The maximum atomic E-state index is 9.87. The monoisotopic (exact) mass is 379 g/mol. The summed E-state index contributed by atoms with van der Waals surface area (Å²) < 4.78 is 59.2. The predicted octanol–water partition coefficient (Wildman–Crippen LogP) is 5.80. The van der Waals surface area contributed by atoms with Crippen molar-refractivity contribution < 1.29 is 30.0 Å². The van der Waals surface area contributed by atoms with Crippen LogP contribution < -0.4 is 4.80 Å². The van der Waals surface area contributed by atoms with Crippen molar-refractivity contribution in [1.29, 1.82) is 0 Å². The summed E-state index contributed by atoms with van der Waals surface area (Å²) in [4.78, 5) is 1.64. The van der Waals surface area contributed by atoms with Crippen LogP contribution in [0.3, 0.4) is 0 Å². The van der Waals surface area contributed by atoms with Crippen LogP contribution in [-0.2, 0) is 0 Å². The van der Waals surface area contributed by atoms with E-state index in [0.29, 0.717) is 0 Å². The van der Waals surface area contributed by atoms with E-state index in [1.54, 1.807) is 11.0 Å². The molecule has 1 heterocycles. The van der Waals surface area contributed by atoms with Crippen molar-refractivity contribution in [2.45, 2.75) is 0 Å². The Morgan fingerprint density at radius 3 is 1.68 bits per heavy atom. The molecule has 0 fully saturated rings. The first kappa shape index (κ1) is 18.8. The minimum Gasteiger partial charge on any atom is -0.0622 e. The van der Waals surface area contributed by atoms with Gasteiger partial charge >= 0.3 is 33.0 Å². The van der Waals surface area contributed by atoms with Gasteiger partial charge in [0.1, 0.15) is 11.9 Å². The molecule has 0 aliphatic heterocycles. The third-order valence-corrected chi connectivity index (χ3v) is 2.67. The second-order valence-electron chi connectivity index (χ2n) is 4.87. The molecule has 0 spiro atoms. The van der Waals surface area contributed by atoms with Crippen LogP contribution in [0.5, 0.6) is 0 Å². The summed E-state index contributed by atoms with van der Waals surface area (Å²) in [6.45, 7) is 0. The van der Waals surface area contributed by atoms with Crippen molar-refractivity contribution in [3.8, 4) is 16.9 Å². The zero-order chi connectivity index (χ0) is 18.6. The van der Waals surface area contributed by atoms with Gasteiger partial charge in [0.2, 0.25) is 0 Å². The van der Waals surface area contributed by atoms with Crippen LogP contribution >= 0.6 is 7.81 Å². The first-order valence-corrected chi connectivity index (χ1v) is 8.84. The first-order valence-electron chi connectivity index (χ1n) is 6.81. The van der Waals surface area contributed by atoms with Crippen molar-refractivity contribution in [3.63, 3.8) is 0 Å². The van der Waals surface area contributed by atoms with Gasteiger partial charge in [0.05, 0.1) is 4.80 Å². The second kappa shape index (κ2) is 6.07. The van der Waals surface area contributed by atoms with Crippen LogP contribution in [-0.4, -0.2) is 10.2 Å². The Kier molecular flexibility index (Phi) is 4.57. The van der Waals surface area contributed by atoms with Crippen LogP contribution in [0, 0.1) is 0 Å². The molecular weight excluding hydrogens is 367 g/mol. The largest absolute Gasteiger partial charge is 0.268 e. The fourth-order valence-electron chi connectivity index (χ4n) is 1.78. The third-order valence-electron chi connectivity index (χ3n) is 2.67. The molecule has 10 heteroatoms. The van der Waals surface area contributed by atoms with Gasteiger partial charge in [-0.05, 0) is 6.07 Å². The van der Waals surface area contributed by atoms with E-state index in [9.17, 15) is 25.2 Å². The van der Waals surface area contributed by atoms with E-state index in [4.69, 9.17) is 0 Å². The maximum Gasteiger partial charge on any atom is 0.268 e. The average molecular weight is 379 g/mol. The van der Waals surface area contributed by atoms with Crippen LogP contribution in [0.4, 0.5) is 25.2 Å². The Hall–Kier alpha value is -2.54. The smallest absolute Gasteiger partial charge is 0.0622 e. The third kappa shape index (κ3) is 8.21. The van der Waals surface area contributed by atoms with Gasteiger partial charge in [-0.25, -0.2) is 0 Å². The van der Waals surface area contributed by atoms with Crippen molar-refractivity contribution in [2.24, 2.45) is 0 Å². The molecule has 0 radical (unpaired) electrons. The van der Waals surface area contributed by atoms with Crippen LogP contribution in [0.15, 0.2) is 72.9 Å². The topological polar surface area (TPSA) is 29.7 Å². The number of aromatic nitrogens is 3. The van der Waals surface area contributed by atoms with E-state index >= 15 is 0 Å². The van der Waals surface area contributed by atoms with Gasteiger partial charge in [0, 0.05) is 27.9 Å². The number of hydrogen-bond donors (Lipinski definition) is 0. The molecule has 3 nitrogen and oxygen atoms in total. The SMILES string of the molecule is F[P-](F)(F)(F)(F)F.c1ccc(-c2ccn[n+](-c3ccccc3)n2)cc1. The van der Waals surface area contributed by atoms with E-state index < -0.39 is 7.81 Å². The van der Waals surface area contributed by atoms with Crippen molar-refractivity contribution in [1.82, 2.24) is 10.2 Å². The molecule has 0 saturated carbocycles. The fourth-order valence-corrected chi connectivity index (χ4v) is 1.78. The van der Waals surface area contributed by atoms with Gasteiger partial charge in [-0.3, -0.25) is 0 Å². The van der Waals surface area contributed by atoms with Crippen LogP contribution in [0.2, 0.25) is 0 Å². The van der Waals surface area contributed by atoms with Crippen molar-refractivity contribution in [3.05, 3.63) is 72.9 Å². The minimum atomic E-state index is -10.7. The summed E-state index contributed by atoms with van der Waals surface area (Å²) >= 11 is 0. The summed E-state index contributed by atoms with van der Waals surface area (Å²) in [5, 5.41) is 8.76. The Bertz CT molecular complexity index is 773. The van der Waals surface area contributed by atoms with Crippen LogP contribution in [0.25, 0.3) is 16.9 Å². The van der Waals surface area contributed by atoms with Gasteiger partial charge in [-0.2, -0.15) is 0 Å². The molecule has 0 bridgehead atoms. The molecule has 3 aromatic rings. The molecule has 134 valence electrons. The molecule has 2 aromatic carbocycles. The Morgan fingerprint density at radius 1 is 0.680 bits per heavy atom. The number of para-hydroxylation sites is 1. The van der Waals surface area contributed by atoms with Crippen LogP contribution in [0.1, 0.15) is 0 Å². The van der Waals surface area contributed by atoms with E-state index in [1.807, 2.05) is 66.7 Å². The molecule has 0 atom stereocenters. The maximum absolute atomic E-state index is 10.7. The molecule has 0 amide bonds. The Labute approximate surface area is 138 Å². The van der Waals surface area contributed by atoms with Crippen molar-refractivity contribution in [2.75, 3.05) is 0 Å². The summed E-state index contributed by atoms with van der Waals surface area (Å²) in [6, 6.07) is 21.9. The molecular formula is C15H12F6N3P. The average Bonchev–Trinajstić information content (AvgIpc) is 2.54. The van der Waals surface area contributed by atoms with Gasteiger partial charge in [0.15, 0.2) is 0 Å². The second-order valence-corrected chi connectivity index (χ2v) is 6.78. The molecule has 0 aliphatic rings. The molecule has 0 saturated heterocycles. The van der Waals surface area contributed by atoms with E-state index in [0.717, 1.165) is 16.9 Å².